The lowest BCUT2D eigenvalue weighted by atomic mass is 10.1. The molecule has 0 aliphatic rings. The van der Waals surface area contributed by atoms with E-state index in [9.17, 15) is 0 Å². The summed E-state index contributed by atoms with van der Waals surface area (Å²) in [6, 6.07) is 7.53. The Morgan fingerprint density at radius 2 is 2.27 bits per heavy atom. The molecule has 0 radical (unpaired) electrons. The average Bonchev–Trinajstić information content (AvgIpc) is 2.18. The summed E-state index contributed by atoms with van der Waals surface area (Å²) in [6.07, 6.45) is 0.777. The summed E-state index contributed by atoms with van der Waals surface area (Å²) >= 11 is 4.67. The molecule has 0 saturated heterocycles. The molecule has 0 atom stereocenters. The van der Waals surface area contributed by atoms with Crippen LogP contribution < -0.4 is 16.9 Å². The van der Waals surface area contributed by atoms with Gasteiger partial charge in [0.1, 0.15) is 0 Å². The number of hydrazone groups is 1. The molecule has 1 aromatic rings. The minimum atomic E-state index is 0.157. The van der Waals surface area contributed by atoms with Gasteiger partial charge in [0, 0.05) is 5.69 Å². The molecule has 0 saturated carbocycles. The van der Waals surface area contributed by atoms with Crippen LogP contribution >= 0.6 is 12.2 Å². The van der Waals surface area contributed by atoms with Gasteiger partial charge in [0.05, 0.1) is 5.71 Å². The van der Waals surface area contributed by atoms with Crippen molar-refractivity contribution in [1.29, 1.82) is 0 Å². The Bertz CT molecular complexity index is 387. The van der Waals surface area contributed by atoms with E-state index in [1.807, 2.05) is 31.2 Å². The SMILES string of the molecule is CC/C(=N\NC(N)=S)c1cccc(N)c1. The molecule has 1 aromatic carbocycles. The van der Waals surface area contributed by atoms with E-state index in [1.54, 1.807) is 0 Å². The van der Waals surface area contributed by atoms with Gasteiger partial charge in [-0.2, -0.15) is 5.10 Å². The first-order valence-corrected chi connectivity index (χ1v) is 5.02. The number of nitrogen functional groups attached to an aromatic ring is 1. The van der Waals surface area contributed by atoms with Crippen LogP contribution in [0.2, 0.25) is 0 Å². The fourth-order valence-electron chi connectivity index (χ4n) is 1.19. The highest BCUT2D eigenvalue weighted by atomic mass is 32.1. The van der Waals surface area contributed by atoms with Crippen molar-refractivity contribution in [2.75, 3.05) is 5.73 Å². The molecular weight excluding hydrogens is 208 g/mol. The molecule has 5 N–H and O–H groups in total. The average molecular weight is 222 g/mol. The van der Waals surface area contributed by atoms with E-state index in [0.717, 1.165) is 17.7 Å². The van der Waals surface area contributed by atoms with Crippen LogP contribution in [0.1, 0.15) is 18.9 Å². The lowest BCUT2D eigenvalue weighted by Gasteiger charge is -2.05. The zero-order chi connectivity index (χ0) is 11.3. The second kappa shape index (κ2) is 5.31. The second-order valence-corrected chi connectivity index (χ2v) is 3.45. The van der Waals surface area contributed by atoms with E-state index < -0.39 is 0 Å². The van der Waals surface area contributed by atoms with E-state index in [1.165, 1.54) is 0 Å². The first-order chi connectivity index (χ1) is 7.13. The third-order valence-corrected chi connectivity index (χ3v) is 1.95. The fourth-order valence-corrected chi connectivity index (χ4v) is 1.23. The molecule has 80 valence electrons. The van der Waals surface area contributed by atoms with Gasteiger partial charge in [-0.25, -0.2) is 0 Å². The number of nitrogens with two attached hydrogens (primary N) is 2. The van der Waals surface area contributed by atoms with Gasteiger partial charge in [0.25, 0.3) is 0 Å². The second-order valence-electron chi connectivity index (χ2n) is 3.01. The quantitative estimate of drug-likeness (QED) is 0.311. The maximum atomic E-state index is 5.68. The largest absolute Gasteiger partial charge is 0.399 e. The summed E-state index contributed by atoms with van der Waals surface area (Å²) in [5.74, 6) is 0. The van der Waals surface area contributed by atoms with Crippen molar-refractivity contribution >= 4 is 28.7 Å². The predicted molar refractivity (Wildman–Crippen MR) is 67.6 cm³/mol. The minimum absolute atomic E-state index is 0.157. The maximum Gasteiger partial charge on any atom is 0.184 e. The molecule has 0 fully saturated rings. The molecule has 0 aromatic heterocycles. The van der Waals surface area contributed by atoms with Gasteiger partial charge in [-0.3, -0.25) is 5.43 Å². The van der Waals surface area contributed by atoms with Gasteiger partial charge in [-0.1, -0.05) is 19.1 Å². The molecule has 0 heterocycles. The number of benzene rings is 1. The number of hydrogen-bond acceptors (Lipinski definition) is 3. The van der Waals surface area contributed by atoms with Gasteiger partial charge in [0.15, 0.2) is 5.11 Å². The van der Waals surface area contributed by atoms with Gasteiger partial charge in [-0.05, 0) is 36.3 Å². The van der Waals surface area contributed by atoms with Gasteiger partial charge in [0.2, 0.25) is 0 Å². The molecule has 0 bridgehead atoms. The monoisotopic (exact) mass is 222 g/mol. The van der Waals surface area contributed by atoms with Crippen LogP contribution in [0.15, 0.2) is 29.4 Å². The van der Waals surface area contributed by atoms with E-state index in [0.29, 0.717) is 5.69 Å². The Labute approximate surface area is 94.3 Å². The lowest BCUT2D eigenvalue weighted by molar-refractivity contribution is 1.01. The number of rotatable bonds is 3. The molecule has 5 heteroatoms. The number of thiocarbonyl (C=S) groups is 1. The molecule has 0 spiro atoms. The van der Waals surface area contributed by atoms with Crippen molar-refractivity contribution in [1.82, 2.24) is 5.43 Å². The smallest absolute Gasteiger partial charge is 0.184 e. The summed E-state index contributed by atoms with van der Waals surface area (Å²) in [4.78, 5) is 0. The number of nitrogens with zero attached hydrogens (tertiary/aromatic N) is 1. The molecule has 0 amide bonds. The van der Waals surface area contributed by atoms with Crippen LogP contribution in [-0.2, 0) is 0 Å². The highest BCUT2D eigenvalue weighted by Crippen LogP contribution is 2.09. The van der Waals surface area contributed by atoms with Crippen molar-refractivity contribution in [2.24, 2.45) is 10.8 Å². The van der Waals surface area contributed by atoms with E-state index >= 15 is 0 Å². The Balaban J connectivity index is 2.92. The zero-order valence-corrected chi connectivity index (χ0v) is 9.34. The van der Waals surface area contributed by atoms with Crippen LogP contribution in [0.3, 0.4) is 0 Å². The summed E-state index contributed by atoms with van der Waals surface area (Å²) in [7, 11) is 0. The Hall–Kier alpha value is -1.62. The van der Waals surface area contributed by atoms with Crippen LogP contribution in [0, 0.1) is 0 Å². The molecule has 0 unspecified atom stereocenters. The van der Waals surface area contributed by atoms with Crippen LogP contribution in [-0.4, -0.2) is 10.8 Å². The first kappa shape index (κ1) is 11.5. The summed E-state index contributed by atoms with van der Waals surface area (Å²) in [5.41, 5.74) is 16.1. The van der Waals surface area contributed by atoms with E-state index in [-0.39, 0.29) is 5.11 Å². The topological polar surface area (TPSA) is 76.4 Å². The summed E-state index contributed by atoms with van der Waals surface area (Å²) in [5, 5.41) is 4.26. The molecule has 4 nitrogen and oxygen atoms in total. The first-order valence-electron chi connectivity index (χ1n) is 4.61. The predicted octanol–water partition coefficient (Wildman–Crippen LogP) is 1.22. The van der Waals surface area contributed by atoms with Crippen molar-refractivity contribution in [3.05, 3.63) is 29.8 Å². The van der Waals surface area contributed by atoms with Gasteiger partial charge < -0.3 is 11.5 Å². The highest BCUT2D eigenvalue weighted by Gasteiger charge is 2.01. The Morgan fingerprint density at radius 3 is 2.80 bits per heavy atom. The lowest BCUT2D eigenvalue weighted by Crippen LogP contribution is -2.25. The standard InChI is InChI=1S/C10H14N4S/c1-2-9(13-14-10(12)15)7-4-3-5-8(11)6-7/h3-6H,2,11H2,1H3,(H3,12,14,15)/b13-9+. The van der Waals surface area contributed by atoms with Crippen LogP contribution in [0.5, 0.6) is 0 Å². The summed E-state index contributed by atoms with van der Waals surface area (Å²) < 4.78 is 0. The van der Waals surface area contributed by atoms with Crippen molar-refractivity contribution in [3.63, 3.8) is 0 Å². The van der Waals surface area contributed by atoms with Crippen molar-refractivity contribution in [2.45, 2.75) is 13.3 Å². The molecule has 0 aliphatic carbocycles. The third kappa shape index (κ3) is 3.55. The van der Waals surface area contributed by atoms with E-state index in [2.05, 4.69) is 22.7 Å². The van der Waals surface area contributed by atoms with Crippen molar-refractivity contribution < 1.29 is 0 Å². The molecular formula is C10H14N4S. The number of anilines is 1. The summed E-state index contributed by atoms with van der Waals surface area (Å²) in [6.45, 7) is 2.00. The third-order valence-electron chi connectivity index (χ3n) is 1.86. The highest BCUT2D eigenvalue weighted by molar-refractivity contribution is 7.80. The Kier molecular flexibility index (Phi) is 4.05. The zero-order valence-electron chi connectivity index (χ0n) is 8.53. The van der Waals surface area contributed by atoms with Crippen molar-refractivity contribution in [3.8, 4) is 0 Å². The normalized spacial score (nSPS) is 11.1. The van der Waals surface area contributed by atoms with E-state index in [4.69, 9.17) is 11.5 Å². The van der Waals surface area contributed by atoms with Gasteiger partial charge in [-0.15, -0.1) is 0 Å². The van der Waals surface area contributed by atoms with Crippen LogP contribution in [0.25, 0.3) is 0 Å². The molecule has 1 rings (SSSR count). The van der Waals surface area contributed by atoms with Crippen LogP contribution in [0.4, 0.5) is 5.69 Å². The minimum Gasteiger partial charge on any atom is -0.399 e. The number of nitrogens with one attached hydrogen (secondary N) is 1. The van der Waals surface area contributed by atoms with Gasteiger partial charge >= 0.3 is 0 Å². The maximum absolute atomic E-state index is 5.68. The molecule has 15 heavy (non-hydrogen) atoms. The Morgan fingerprint density at radius 1 is 1.53 bits per heavy atom. The molecule has 0 aliphatic heterocycles. The fraction of sp³-hybridized carbons (Fsp3) is 0.200. The number of hydrogen-bond donors (Lipinski definition) is 3.